The molecule has 3 N–H and O–H groups in total. The van der Waals surface area contributed by atoms with Crippen molar-refractivity contribution in [3.8, 4) is 39.6 Å². The lowest BCUT2D eigenvalue weighted by molar-refractivity contribution is 0.343. The molecule has 12 heteroatoms. The summed E-state index contributed by atoms with van der Waals surface area (Å²) in [6, 6.07) is 9.25. The largest absolute Gasteiger partial charge is 0.497 e. The number of piperidine rings is 1. The summed E-state index contributed by atoms with van der Waals surface area (Å²) in [7, 11) is 3.11. The van der Waals surface area contributed by atoms with Crippen LogP contribution in [-0.4, -0.2) is 51.9 Å². The van der Waals surface area contributed by atoms with Gasteiger partial charge >= 0.3 is 0 Å². The van der Waals surface area contributed by atoms with E-state index in [1.165, 1.54) is 4.68 Å². The topological polar surface area (TPSA) is 122 Å². The van der Waals surface area contributed by atoms with Crippen molar-refractivity contribution in [3.05, 3.63) is 64.8 Å². The van der Waals surface area contributed by atoms with Crippen molar-refractivity contribution in [2.45, 2.75) is 25.8 Å². The zero-order valence-corrected chi connectivity index (χ0v) is 23.0. The zero-order valence-electron chi connectivity index (χ0n) is 21.4. The zero-order chi connectivity index (χ0) is 25.2. The van der Waals surface area contributed by atoms with Crippen molar-refractivity contribution in [2.24, 2.45) is 0 Å². The molecular weight excluding hydrogens is 529 g/mol. The maximum Gasteiger partial charge on any atom is 0.274 e. The van der Waals surface area contributed by atoms with Gasteiger partial charge in [0.05, 0.1) is 37.8 Å². The SMILES string of the molecule is COc1cc(OC)cc(-n2nc(-c3cc(-c4cnn(C5CCNCC5)c4)cnc3N)cc(C)c2=O)c1.Cl.Cl. The number of rotatable bonds is 6. The minimum Gasteiger partial charge on any atom is -0.497 e. The Balaban J connectivity index is 0.00000200. The minimum atomic E-state index is -0.250. The number of nitrogens with one attached hydrogen (secondary N) is 1. The van der Waals surface area contributed by atoms with Crippen LogP contribution >= 0.6 is 24.8 Å². The maximum absolute atomic E-state index is 13.0. The Labute approximate surface area is 233 Å². The van der Waals surface area contributed by atoms with Gasteiger partial charge in [0.1, 0.15) is 17.3 Å². The summed E-state index contributed by atoms with van der Waals surface area (Å²) in [5.41, 5.74) is 10.1. The molecule has 1 fully saturated rings. The molecule has 0 atom stereocenters. The highest BCUT2D eigenvalue weighted by Gasteiger charge is 2.18. The normalized spacial score (nSPS) is 13.3. The first-order valence-corrected chi connectivity index (χ1v) is 11.8. The third-order valence-electron chi connectivity index (χ3n) is 6.48. The molecule has 10 nitrogen and oxygen atoms in total. The second kappa shape index (κ2) is 12.3. The van der Waals surface area contributed by atoms with E-state index in [1.54, 1.807) is 51.6 Å². The molecule has 0 aliphatic carbocycles. The molecular formula is C26H31Cl2N7O3. The number of hydrogen-bond acceptors (Lipinski definition) is 8. The van der Waals surface area contributed by atoms with Crippen LogP contribution in [0.4, 0.5) is 5.82 Å². The van der Waals surface area contributed by atoms with E-state index < -0.39 is 0 Å². The van der Waals surface area contributed by atoms with E-state index in [4.69, 9.17) is 15.2 Å². The molecule has 5 rings (SSSR count). The third kappa shape index (κ3) is 5.77. The monoisotopic (exact) mass is 559 g/mol. The van der Waals surface area contributed by atoms with E-state index in [9.17, 15) is 4.79 Å². The van der Waals surface area contributed by atoms with Crippen molar-refractivity contribution in [1.29, 1.82) is 0 Å². The van der Waals surface area contributed by atoms with Gasteiger partial charge < -0.3 is 20.5 Å². The molecule has 4 heterocycles. The molecule has 4 aromatic rings. The Morgan fingerprint density at radius 1 is 0.974 bits per heavy atom. The van der Waals surface area contributed by atoms with Gasteiger partial charge in [0.2, 0.25) is 0 Å². The van der Waals surface area contributed by atoms with Crippen LogP contribution in [0.15, 0.2) is 53.7 Å². The van der Waals surface area contributed by atoms with Gasteiger partial charge in [-0.2, -0.15) is 14.9 Å². The van der Waals surface area contributed by atoms with Gasteiger partial charge in [-0.3, -0.25) is 9.48 Å². The summed E-state index contributed by atoms with van der Waals surface area (Å²) >= 11 is 0. The van der Waals surface area contributed by atoms with Crippen LogP contribution in [0.25, 0.3) is 28.1 Å². The number of halogens is 2. The number of pyridine rings is 1. The second-order valence-corrected chi connectivity index (χ2v) is 8.85. The lowest BCUT2D eigenvalue weighted by Gasteiger charge is -2.22. The Bertz CT molecular complexity index is 1440. The average molecular weight is 560 g/mol. The number of ether oxygens (including phenoxy) is 2. The smallest absolute Gasteiger partial charge is 0.274 e. The number of aryl methyl sites for hydroxylation is 1. The van der Waals surface area contributed by atoms with E-state index in [1.807, 2.05) is 16.9 Å². The van der Waals surface area contributed by atoms with Crippen LogP contribution in [0.5, 0.6) is 11.5 Å². The summed E-state index contributed by atoms with van der Waals surface area (Å²) in [6.45, 7) is 3.73. The van der Waals surface area contributed by atoms with E-state index >= 15 is 0 Å². The Morgan fingerprint density at radius 2 is 1.66 bits per heavy atom. The predicted molar refractivity (Wildman–Crippen MR) is 152 cm³/mol. The molecule has 38 heavy (non-hydrogen) atoms. The standard InChI is InChI=1S/C26H29N7O3.2ClH/c1-16-8-24(31-33(26(16)34)20-10-21(35-2)12-22(11-20)36-3)23-9-17(13-29-25(23)27)18-14-30-32(15-18)19-4-6-28-7-5-19;;/h8-15,19,28H,4-7H2,1-3H3,(H2,27,29);2*1H. The number of benzene rings is 1. The fourth-order valence-corrected chi connectivity index (χ4v) is 4.43. The van der Waals surface area contributed by atoms with Crippen LogP contribution in [0.2, 0.25) is 0 Å². The average Bonchev–Trinajstić information content (AvgIpc) is 3.41. The highest BCUT2D eigenvalue weighted by Crippen LogP contribution is 2.30. The van der Waals surface area contributed by atoms with Crippen molar-refractivity contribution < 1.29 is 9.47 Å². The number of hydrogen-bond donors (Lipinski definition) is 2. The number of methoxy groups -OCH3 is 2. The summed E-state index contributed by atoms with van der Waals surface area (Å²) < 4.78 is 14.1. The van der Waals surface area contributed by atoms with Crippen molar-refractivity contribution in [1.82, 2.24) is 29.9 Å². The first kappa shape index (κ1) is 29.0. The fraction of sp³-hybridized carbons (Fsp3) is 0.308. The summed E-state index contributed by atoms with van der Waals surface area (Å²) in [6.07, 6.45) is 7.73. The fourth-order valence-electron chi connectivity index (χ4n) is 4.43. The number of aromatic nitrogens is 5. The quantitative estimate of drug-likeness (QED) is 0.365. The summed E-state index contributed by atoms with van der Waals surface area (Å²) in [5.74, 6) is 1.43. The maximum atomic E-state index is 13.0. The Morgan fingerprint density at radius 3 is 2.32 bits per heavy atom. The predicted octanol–water partition coefficient (Wildman–Crippen LogP) is 3.83. The molecule has 3 aromatic heterocycles. The molecule has 1 aromatic carbocycles. The van der Waals surface area contributed by atoms with Gasteiger partial charge in [-0.25, -0.2) is 4.98 Å². The molecule has 0 radical (unpaired) electrons. The lowest BCUT2D eigenvalue weighted by Crippen LogP contribution is -2.29. The van der Waals surface area contributed by atoms with Crippen LogP contribution < -0.4 is 26.1 Å². The van der Waals surface area contributed by atoms with Crippen LogP contribution in [0, 0.1) is 6.92 Å². The molecule has 0 unspecified atom stereocenters. The van der Waals surface area contributed by atoms with Gasteiger partial charge in [0, 0.05) is 52.8 Å². The highest BCUT2D eigenvalue weighted by atomic mass is 35.5. The molecule has 1 aliphatic heterocycles. The van der Waals surface area contributed by atoms with Gasteiger partial charge in [0.25, 0.3) is 5.56 Å². The van der Waals surface area contributed by atoms with E-state index in [-0.39, 0.29) is 30.4 Å². The van der Waals surface area contributed by atoms with Crippen LogP contribution in [-0.2, 0) is 0 Å². The van der Waals surface area contributed by atoms with E-state index in [0.717, 1.165) is 37.1 Å². The molecule has 0 bridgehead atoms. The van der Waals surface area contributed by atoms with Crippen LogP contribution in [0.1, 0.15) is 24.4 Å². The van der Waals surface area contributed by atoms with E-state index in [2.05, 4.69) is 26.7 Å². The first-order valence-electron chi connectivity index (χ1n) is 11.8. The number of nitrogens with two attached hydrogens (primary N) is 1. The third-order valence-corrected chi connectivity index (χ3v) is 6.48. The van der Waals surface area contributed by atoms with Gasteiger partial charge in [-0.15, -0.1) is 24.8 Å². The summed E-state index contributed by atoms with van der Waals surface area (Å²) in [5, 5.41) is 12.6. The molecule has 1 saturated heterocycles. The van der Waals surface area contributed by atoms with Crippen molar-refractivity contribution in [3.63, 3.8) is 0 Å². The second-order valence-electron chi connectivity index (χ2n) is 8.85. The minimum absolute atomic E-state index is 0. The Kier molecular flexibility index (Phi) is 9.37. The molecule has 0 saturated carbocycles. The first-order chi connectivity index (χ1) is 17.5. The number of nitrogens with zero attached hydrogens (tertiary/aromatic N) is 5. The Hall–Kier alpha value is -3.60. The van der Waals surface area contributed by atoms with Gasteiger partial charge in [0.15, 0.2) is 0 Å². The number of anilines is 1. The molecule has 0 spiro atoms. The lowest BCUT2D eigenvalue weighted by atomic mass is 10.1. The van der Waals surface area contributed by atoms with E-state index in [0.29, 0.717) is 45.9 Å². The molecule has 202 valence electrons. The van der Waals surface area contributed by atoms with Gasteiger partial charge in [-0.1, -0.05) is 0 Å². The molecule has 1 aliphatic rings. The molecule has 0 amide bonds. The highest BCUT2D eigenvalue weighted by molar-refractivity contribution is 5.85. The van der Waals surface area contributed by atoms with Crippen LogP contribution in [0.3, 0.4) is 0 Å². The van der Waals surface area contributed by atoms with Crippen molar-refractivity contribution >= 4 is 30.6 Å². The summed E-state index contributed by atoms with van der Waals surface area (Å²) in [4.78, 5) is 17.5. The number of nitrogen functional groups attached to an aromatic ring is 1. The van der Waals surface area contributed by atoms with Gasteiger partial charge in [-0.05, 0) is 45.0 Å². The van der Waals surface area contributed by atoms with Crippen molar-refractivity contribution in [2.75, 3.05) is 33.0 Å².